The molecule has 1 fully saturated rings. The normalized spacial score (nSPS) is 20.0. The van der Waals surface area contributed by atoms with E-state index in [4.69, 9.17) is 15.2 Å². The van der Waals surface area contributed by atoms with Crippen LogP contribution in [0.2, 0.25) is 0 Å². The second-order valence-corrected chi connectivity index (χ2v) is 5.27. The molecule has 4 N–H and O–H groups in total. The first-order chi connectivity index (χ1) is 10.1. The zero-order chi connectivity index (χ0) is 14.9. The fourth-order valence-corrected chi connectivity index (χ4v) is 2.38. The second-order valence-electron chi connectivity index (χ2n) is 5.27. The molecule has 2 aliphatic heterocycles. The van der Waals surface area contributed by atoms with Crippen LogP contribution >= 0.6 is 0 Å². The SMILES string of the molecule is NC1(C(=O)Nc2ccc3c(c2)NC(=O)CO3)CCOCC1. The number of benzene rings is 1. The lowest BCUT2D eigenvalue weighted by Gasteiger charge is -2.31. The van der Waals surface area contributed by atoms with Gasteiger partial charge in [-0.05, 0) is 31.0 Å². The van der Waals surface area contributed by atoms with Gasteiger partial charge in [-0.3, -0.25) is 9.59 Å². The molecule has 1 aromatic rings. The smallest absolute Gasteiger partial charge is 0.262 e. The number of rotatable bonds is 2. The van der Waals surface area contributed by atoms with Crippen LogP contribution in [0, 0.1) is 0 Å². The third-order valence-corrected chi connectivity index (χ3v) is 3.71. The van der Waals surface area contributed by atoms with E-state index in [-0.39, 0.29) is 18.4 Å². The Hall–Kier alpha value is -2.12. The van der Waals surface area contributed by atoms with Crippen LogP contribution in [0.3, 0.4) is 0 Å². The van der Waals surface area contributed by atoms with Crippen molar-refractivity contribution in [2.24, 2.45) is 5.73 Å². The van der Waals surface area contributed by atoms with Crippen molar-refractivity contribution in [1.82, 2.24) is 0 Å². The minimum Gasteiger partial charge on any atom is -0.482 e. The zero-order valence-corrected chi connectivity index (χ0v) is 11.5. The summed E-state index contributed by atoms with van der Waals surface area (Å²) in [5, 5.41) is 5.49. The van der Waals surface area contributed by atoms with E-state index < -0.39 is 5.54 Å². The Labute approximate surface area is 121 Å². The molecule has 7 nitrogen and oxygen atoms in total. The number of hydrogen-bond acceptors (Lipinski definition) is 5. The maximum Gasteiger partial charge on any atom is 0.262 e. The first-order valence-electron chi connectivity index (χ1n) is 6.82. The van der Waals surface area contributed by atoms with Crippen molar-refractivity contribution < 1.29 is 19.1 Å². The molecular weight excluding hydrogens is 274 g/mol. The maximum absolute atomic E-state index is 12.3. The molecule has 2 amide bonds. The van der Waals surface area contributed by atoms with Gasteiger partial charge in [-0.2, -0.15) is 0 Å². The summed E-state index contributed by atoms with van der Waals surface area (Å²) in [4.78, 5) is 23.6. The average Bonchev–Trinajstić information content (AvgIpc) is 2.47. The Morgan fingerprint density at radius 1 is 1.33 bits per heavy atom. The number of carbonyl (C=O) groups is 2. The molecule has 0 radical (unpaired) electrons. The summed E-state index contributed by atoms with van der Waals surface area (Å²) < 4.78 is 10.5. The van der Waals surface area contributed by atoms with E-state index in [0.29, 0.717) is 43.2 Å². The molecular formula is C14H17N3O4. The first kappa shape index (κ1) is 13.8. The Balaban J connectivity index is 1.74. The predicted molar refractivity (Wildman–Crippen MR) is 76.2 cm³/mol. The molecule has 0 unspecified atom stereocenters. The van der Waals surface area contributed by atoms with Gasteiger partial charge in [0.2, 0.25) is 5.91 Å². The minimum absolute atomic E-state index is 0.00458. The molecule has 0 aromatic heterocycles. The van der Waals surface area contributed by atoms with Crippen LogP contribution in [0.25, 0.3) is 0 Å². The molecule has 2 heterocycles. The Morgan fingerprint density at radius 3 is 2.86 bits per heavy atom. The van der Waals surface area contributed by atoms with Gasteiger partial charge < -0.3 is 25.8 Å². The van der Waals surface area contributed by atoms with Gasteiger partial charge in [-0.25, -0.2) is 0 Å². The maximum atomic E-state index is 12.3. The largest absolute Gasteiger partial charge is 0.482 e. The topological polar surface area (TPSA) is 103 Å². The second kappa shape index (κ2) is 5.34. The minimum atomic E-state index is -0.909. The molecule has 0 atom stereocenters. The standard InChI is InChI=1S/C14H17N3O4/c15-14(3-5-20-6-4-14)13(19)16-9-1-2-11-10(7-9)17-12(18)8-21-11/h1-2,7H,3-6,8,15H2,(H,16,19)(H,17,18). The van der Waals surface area contributed by atoms with E-state index in [1.807, 2.05) is 0 Å². The van der Waals surface area contributed by atoms with Crippen LogP contribution in [0.15, 0.2) is 18.2 Å². The van der Waals surface area contributed by atoms with Crippen molar-refractivity contribution in [1.29, 1.82) is 0 Å². The third kappa shape index (κ3) is 2.84. The molecule has 1 aromatic carbocycles. The molecule has 0 aliphatic carbocycles. The van der Waals surface area contributed by atoms with E-state index in [9.17, 15) is 9.59 Å². The zero-order valence-electron chi connectivity index (χ0n) is 11.5. The van der Waals surface area contributed by atoms with Crippen molar-refractivity contribution in [2.75, 3.05) is 30.5 Å². The monoisotopic (exact) mass is 291 g/mol. The van der Waals surface area contributed by atoms with Crippen LogP contribution in [0.4, 0.5) is 11.4 Å². The van der Waals surface area contributed by atoms with Gasteiger partial charge >= 0.3 is 0 Å². The van der Waals surface area contributed by atoms with E-state index in [1.165, 1.54) is 0 Å². The van der Waals surface area contributed by atoms with Gasteiger partial charge in [0.25, 0.3) is 5.91 Å². The van der Waals surface area contributed by atoms with Crippen LogP contribution in [0.1, 0.15) is 12.8 Å². The fraction of sp³-hybridized carbons (Fsp3) is 0.429. The Morgan fingerprint density at radius 2 is 2.10 bits per heavy atom. The molecule has 7 heteroatoms. The van der Waals surface area contributed by atoms with Crippen molar-refractivity contribution >= 4 is 23.2 Å². The van der Waals surface area contributed by atoms with Crippen molar-refractivity contribution in [2.45, 2.75) is 18.4 Å². The average molecular weight is 291 g/mol. The van der Waals surface area contributed by atoms with Crippen LogP contribution in [-0.4, -0.2) is 37.2 Å². The summed E-state index contributed by atoms with van der Waals surface area (Å²) in [5.74, 6) is 0.126. The summed E-state index contributed by atoms with van der Waals surface area (Å²) in [6.07, 6.45) is 0.979. The highest BCUT2D eigenvalue weighted by Crippen LogP contribution is 2.31. The third-order valence-electron chi connectivity index (χ3n) is 3.71. The lowest BCUT2D eigenvalue weighted by molar-refractivity contribution is -0.124. The van der Waals surface area contributed by atoms with Gasteiger partial charge in [-0.15, -0.1) is 0 Å². The molecule has 2 aliphatic rings. The van der Waals surface area contributed by atoms with Crippen molar-refractivity contribution in [3.05, 3.63) is 18.2 Å². The summed E-state index contributed by atoms with van der Waals surface area (Å²) >= 11 is 0. The predicted octanol–water partition coefficient (Wildman–Crippen LogP) is 0.464. The highest BCUT2D eigenvalue weighted by molar-refractivity contribution is 6.00. The highest BCUT2D eigenvalue weighted by atomic mass is 16.5. The van der Waals surface area contributed by atoms with Gasteiger partial charge in [0.1, 0.15) is 11.3 Å². The molecule has 112 valence electrons. The quantitative estimate of drug-likeness (QED) is 0.734. The number of amides is 2. The number of anilines is 2. The number of fused-ring (bicyclic) bond motifs is 1. The van der Waals surface area contributed by atoms with Crippen LogP contribution in [0.5, 0.6) is 5.75 Å². The molecule has 3 rings (SSSR count). The first-order valence-corrected chi connectivity index (χ1v) is 6.82. The van der Waals surface area contributed by atoms with Crippen LogP contribution in [-0.2, 0) is 14.3 Å². The molecule has 21 heavy (non-hydrogen) atoms. The molecule has 1 saturated heterocycles. The summed E-state index contributed by atoms with van der Waals surface area (Å²) in [7, 11) is 0. The number of carbonyl (C=O) groups excluding carboxylic acids is 2. The van der Waals surface area contributed by atoms with Crippen LogP contribution < -0.4 is 21.1 Å². The van der Waals surface area contributed by atoms with Crippen molar-refractivity contribution in [3.8, 4) is 5.75 Å². The summed E-state index contributed by atoms with van der Waals surface area (Å²) in [5.41, 5.74) is 6.33. The molecule has 0 bridgehead atoms. The van der Waals surface area contributed by atoms with E-state index in [2.05, 4.69) is 10.6 Å². The number of hydrogen-bond donors (Lipinski definition) is 3. The van der Waals surface area contributed by atoms with Crippen molar-refractivity contribution in [3.63, 3.8) is 0 Å². The number of nitrogens with one attached hydrogen (secondary N) is 2. The van der Waals surface area contributed by atoms with E-state index >= 15 is 0 Å². The van der Waals surface area contributed by atoms with Gasteiger partial charge in [0.05, 0.1) is 5.69 Å². The number of nitrogens with two attached hydrogens (primary N) is 1. The summed E-state index contributed by atoms with van der Waals surface area (Å²) in [6, 6.07) is 5.08. The number of ether oxygens (including phenoxy) is 2. The highest BCUT2D eigenvalue weighted by Gasteiger charge is 2.36. The van der Waals surface area contributed by atoms with E-state index in [0.717, 1.165) is 0 Å². The fourth-order valence-electron chi connectivity index (χ4n) is 2.38. The van der Waals surface area contributed by atoms with Gasteiger partial charge in [-0.1, -0.05) is 0 Å². The Kier molecular flexibility index (Phi) is 3.52. The molecule has 0 spiro atoms. The van der Waals surface area contributed by atoms with E-state index in [1.54, 1.807) is 18.2 Å². The molecule has 0 saturated carbocycles. The lowest BCUT2D eigenvalue weighted by Crippen LogP contribution is -2.54. The van der Waals surface area contributed by atoms with Gasteiger partial charge in [0, 0.05) is 18.9 Å². The van der Waals surface area contributed by atoms with Gasteiger partial charge in [0.15, 0.2) is 6.61 Å². The Bertz CT molecular complexity index is 582. The lowest BCUT2D eigenvalue weighted by atomic mass is 9.90. The summed E-state index contributed by atoms with van der Waals surface area (Å²) in [6.45, 7) is 0.973.